The van der Waals surface area contributed by atoms with E-state index in [-0.39, 0.29) is 30.1 Å². The highest BCUT2D eigenvalue weighted by molar-refractivity contribution is 5.74. The van der Waals surface area contributed by atoms with Crippen LogP contribution >= 0.6 is 0 Å². The molecule has 2 amide bonds. The monoisotopic (exact) mass is 285 g/mol. The highest BCUT2D eigenvalue weighted by Crippen LogP contribution is 2.25. The number of nitrogens with zero attached hydrogens (tertiary/aromatic N) is 1. The molecular weight excluding hydrogens is 258 g/mol. The Morgan fingerprint density at radius 1 is 1.30 bits per heavy atom. The summed E-state index contributed by atoms with van der Waals surface area (Å²) in [5.41, 5.74) is 0.0694. The van der Waals surface area contributed by atoms with E-state index in [4.69, 9.17) is 5.11 Å². The molecule has 0 aromatic rings. The minimum Gasteiger partial charge on any atom is -0.480 e. The lowest BCUT2D eigenvalue weighted by Crippen LogP contribution is -2.56. The topological polar surface area (TPSA) is 81.7 Å². The number of rotatable bonds is 6. The predicted molar refractivity (Wildman–Crippen MR) is 77.7 cm³/mol. The van der Waals surface area contributed by atoms with Gasteiger partial charge in [0.15, 0.2) is 0 Å². The van der Waals surface area contributed by atoms with Crippen LogP contribution in [-0.2, 0) is 4.79 Å². The molecule has 0 radical (unpaired) electrons. The van der Waals surface area contributed by atoms with Gasteiger partial charge >= 0.3 is 12.0 Å². The van der Waals surface area contributed by atoms with Crippen LogP contribution in [0.5, 0.6) is 0 Å². The summed E-state index contributed by atoms with van der Waals surface area (Å²) < 4.78 is 0. The van der Waals surface area contributed by atoms with Gasteiger partial charge in [0.1, 0.15) is 0 Å². The molecule has 6 heteroatoms. The van der Waals surface area contributed by atoms with Crippen LogP contribution in [0.2, 0.25) is 0 Å². The molecule has 1 rings (SSSR count). The third kappa shape index (κ3) is 5.77. The summed E-state index contributed by atoms with van der Waals surface area (Å²) in [6, 6.07) is 0.288. The highest BCUT2D eigenvalue weighted by Gasteiger charge is 2.34. The Hall–Kier alpha value is -1.30. The minimum absolute atomic E-state index is 0.0694. The molecule has 3 N–H and O–H groups in total. The number of carboxylic acids is 1. The van der Waals surface area contributed by atoms with Gasteiger partial charge in [-0.3, -0.25) is 9.69 Å². The fraction of sp³-hybridized carbons (Fsp3) is 0.857. The molecule has 0 unspecified atom stereocenters. The van der Waals surface area contributed by atoms with Gasteiger partial charge in [-0.1, -0.05) is 27.7 Å². The Labute approximate surface area is 120 Å². The first kappa shape index (κ1) is 16.8. The molecule has 1 aliphatic carbocycles. The summed E-state index contributed by atoms with van der Waals surface area (Å²) in [5.74, 6) is -0.800. The van der Waals surface area contributed by atoms with Gasteiger partial charge in [-0.25, -0.2) is 4.79 Å². The summed E-state index contributed by atoms with van der Waals surface area (Å²) in [4.78, 5) is 24.4. The zero-order chi connectivity index (χ0) is 15.3. The van der Waals surface area contributed by atoms with E-state index in [0.29, 0.717) is 6.54 Å². The van der Waals surface area contributed by atoms with Crippen LogP contribution in [0.1, 0.15) is 40.5 Å². The van der Waals surface area contributed by atoms with Gasteiger partial charge in [-0.2, -0.15) is 0 Å². The van der Waals surface area contributed by atoms with Crippen LogP contribution in [0.4, 0.5) is 4.79 Å². The van der Waals surface area contributed by atoms with E-state index in [1.807, 2.05) is 11.8 Å². The average Bonchev–Trinajstić information content (AvgIpc) is 2.27. The van der Waals surface area contributed by atoms with Crippen molar-refractivity contribution in [2.75, 3.05) is 19.6 Å². The third-order valence-corrected chi connectivity index (χ3v) is 3.49. The molecule has 0 atom stereocenters. The Balaban J connectivity index is 2.24. The van der Waals surface area contributed by atoms with E-state index in [1.165, 1.54) is 0 Å². The van der Waals surface area contributed by atoms with Crippen molar-refractivity contribution in [3.05, 3.63) is 0 Å². The number of carbonyl (C=O) groups is 2. The van der Waals surface area contributed by atoms with Crippen LogP contribution in [0.3, 0.4) is 0 Å². The summed E-state index contributed by atoms with van der Waals surface area (Å²) in [7, 11) is 0. The largest absolute Gasteiger partial charge is 0.480 e. The number of carboxylic acid groups (broad SMARTS) is 1. The standard InChI is InChI=1S/C14H27N3O3/c1-5-17(8-12(18)19)11-6-10(7-11)16-13(20)15-9-14(2,3)4/h10-11H,5-9H2,1-4H3,(H,18,19)(H2,15,16,20). The van der Waals surface area contributed by atoms with Crippen molar-refractivity contribution < 1.29 is 14.7 Å². The van der Waals surface area contributed by atoms with Crippen molar-refractivity contribution in [2.24, 2.45) is 5.41 Å². The van der Waals surface area contributed by atoms with Crippen molar-refractivity contribution in [3.63, 3.8) is 0 Å². The van der Waals surface area contributed by atoms with Crippen LogP contribution < -0.4 is 10.6 Å². The van der Waals surface area contributed by atoms with Crippen molar-refractivity contribution in [3.8, 4) is 0 Å². The number of aliphatic carboxylic acids is 1. The van der Waals surface area contributed by atoms with Gasteiger partial charge in [0.25, 0.3) is 0 Å². The van der Waals surface area contributed by atoms with E-state index in [1.54, 1.807) is 0 Å². The molecule has 0 saturated heterocycles. The van der Waals surface area contributed by atoms with Gasteiger partial charge in [-0.05, 0) is 24.8 Å². The Kier molecular flexibility index (Phi) is 5.80. The van der Waals surface area contributed by atoms with Crippen molar-refractivity contribution in [1.82, 2.24) is 15.5 Å². The van der Waals surface area contributed by atoms with Crippen molar-refractivity contribution >= 4 is 12.0 Å². The normalized spacial score (nSPS) is 22.2. The first-order chi connectivity index (χ1) is 9.21. The molecule has 0 heterocycles. The van der Waals surface area contributed by atoms with Crippen LogP contribution in [-0.4, -0.2) is 53.7 Å². The first-order valence-electron chi connectivity index (χ1n) is 7.21. The molecule has 0 aromatic carbocycles. The SMILES string of the molecule is CCN(CC(=O)O)C1CC(NC(=O)NCC(C)(C)C)C1. The number of urea groups is 1. The molecule has 116 valence electrons. The second-order valence-electron chi connectivity index (χ2n) is 6.67. The van der Waals surface area contributed by atoms with Crippen molar-refractivity contribution in [2.45, 2.75) is 52.6 Å². The lowest BCUT2D eigenvalue weighted by molar-refractivity contribution is -0.139. The molecule has 1 fully saturated rings. The molecular formula is C14H27N3O3. The van der Waals surface area contributed by atoms with Crippen LogP contribution in [0.15, 0.2) is 0 Å². The summed E-state index contributed by atoms with van der Waals surface area (Å²) >= 11 is 0. The van der Waals surface area contributed by atoms with Gasteiger partial charge in [0.2, 0.25) is 0 Å². The average molecular weight is 285 g/mol. The molecule has 20 heavy (non-hydrogen) atoms. The van der Waals surface area contributed by atoms with Gasteiger partial charge in [0, 0.05) is 18.6 Å². The van der Waals surface area contributed by atoms with E-state index in [2.05, 4.69) is 31.4 Å². The van der Waals surface area contributed by atoms with Gasteiger partial charge < -0.3 is 15.7 Å². The smallest absolute Gasteiger partial charge is 0.317 e. The molecule has 0 aliphatic heterocycles. The second-order valence-corrected chi connectivity index (χ2v) is 6.67. The number of hydrogen-bond donors (Lipinski definition) is 3. The van der Waals surface area contributed by atoms with Gasteiger partial charge in [0.05, 0.1) is 6.54 Å². The van der Waals surface area contributed by atoms with Crippen LogP contribution in [0, 0.1) is 5.41 Å². The lowest BCUT2D eigenvalue weighted by Gasteiger charge is -2.42. The van der Waals surface area contributed by atoms with Crippen molar-refractivity contribution in [1.29, 1.82) is 0 Å². The maximum Gasteiger partial charge on any atom is 0.317 e. The third-order valence-electron chi connectivity index (χ3n) is 3.49. The Morgan fingerprint density at radius 3 is 2.35 bits per heavy atom. The molecule has 1 aliphatic rings. The maximum absolute atomic E-state index is 11.7. The Morgan fingerprint density at radius 2 is 1.90 bits per heavy atom. The van der Waals surface area contributed by atoms with Crippen LogP contribution in [0.25, 0.3) is 0 Å². The first-order valence-corrected chi connectivity index (χ1v) is 7.21. The number of carbonyl (C=O) groups excluding carboxylic acids is 1. The number of hydrogen-bond acceptors (Lipinski definition) is 3. The summed E-state index contributed by atoms with van der Waals surface area (Å²) in [6.07, 6.45) is 1.65. The molecule has 0 aromatic heterocycles. The molecule has 0 spiro atoms. The number of nitrogens with one attached hydrogen (secondary N) is 2. The van der Waals surface area contributed by atoms with E-state index in [0.717, 1.165) is 19.4 Å². The summed E-state index contributed by atoms with van der Waals surface area (Å²) in [6.45, 7) is 9.59. The molecule has 6 nitrogen and oxygen atoms in total. The van der Waals surface area contributed by atoms with E-state index >= 15 is 0 Å². The molecule has 1 saturated carbocycles. The minimum atomic E-state index is -0.800. The quantitative estimate of drug-likeness (QED) is 0.686. The van der Waals surface area contributed by atoms with E-state index < -0.39 is 5.97 Å². The maximum atomic E-state index is 11.7. The Bertz CT molecular complexity index is 346. The second kappa shape index (κ2) is 6.92. The molecule has 0 bridgehead atoms. The zero-order valence-corrected chi connectivity index (χ0v) is 12.9. The fourth-order valence-corrected chi connectivity index (χ4v) is 2.26. The zero-order valence-electron chi connectivity index (χ0n) is 12.9. The number of amides is 2. The number of likely N-dealkylation sites (N-methyl/N-ethyl adjacent to an activating group) is 1. The summed E-state index contributed by atoms with van der Waals surface area (Å²) in [5, 5.41) is 14.6. The van der Waals surface area contributed by atoms with Gasteiger partial charge in [-0.15, -0.1) is 0 Å². The lowest BCUT2D eigenvalue weighted by atomic mass is 9.85. The predicted octanol–water partition coefficient (Wildman–Crippen LogP) is 1.27. The fourth-order valence-electron chi connectivity index (χ4n) is 2.26. The van der Waals surface area contributed by atoms with E-state index in [9.17, 15) is 9.59 Å². The highest BCUT2D eigenvalue weighted by atomic mass is 16.4.